The van der Waals surface area contributed by atoms with Gasteiger partial charge in [-0.25, -0.2) is 4.39 Å². The number of nitrogens with one attached hydrogen (secondary N) is 1. The van der Waals surface area contributed by atoms with Gasteiger partial charge in [0, 0.05) is 49.2 Å². The molecule has 1 aromatic carbocycles. The minimum atomic E-state index is -0.574. The molecule has 0 radical (unpaired) electrons. The van der Waals surface area contributed by atoms with E-state index in [-0.39, 0.29) is 37.2 Å². The van der Waals surface area contributed by atoms with E-state index in [0.29, 0.717) is 43.0 Å². The maximum absolute atomic E-state index is 14.3. The lowest BCUT2D eigenvalue weighted by atomic mass is 10.1. The van der Waals surface area contributed by atoms with Crippen LogP contribution in [0.4, 0.5) is 10.1 Å². The van der Waals surface area contributed by atoms with Crippen molar-refractivity contribution in [3.63, 3.8) is 0 Å². The maximum Gasteiger partial charge on any atom is 0.308 e. The minimum absolute atomic E-state index is 0.0352. The second kappa shape index (κ2) is 10.9. The number of esters is 1. The van der Waals surface area contributed by atoms with Crippen molar-refractivity contribution in [1.29, 1.82) is 0 Å². The van der Waals surface area contributed by atoms with Gasteiger partial charge in [-0.05, 0) is 36.6 Å². The fourth-order valence-corrected chi connectivity index (χ4v) is 3.89. The van der Waals surface area contributed by atoms with Gasteiger partial charge in [0.25, 0.3) is 11.8 Å². The first-order chi connectivity index (χ1) is 15.3. The second-order valence-corrected chi connectivity index (χ2v) is 8.05. The fraction of sp³-hybridized carbons (Fsp3) is 0.364. The standard InChI is InChI=1S/C22H24FN3O5S/c1-15(27)16-2-3-19(18(23)12-16)25-7-9-26(10-8-25)20(28)13-31-21(29)4-6-24-22(30)17-5-11-32-14-17/h2-3,5,11-12,14H,4,6-10,13H2,1H3,(H,24,30). The van der Waals surface area contributed by atoms with E-state index in [1.807, 2.05) is 4.90 Å². The first-order valence-corrected chi connectivity index (χ1v) is 11.1. The molecular formula is C22H24FN3O5S. The van der Waals surface area contributed by atoms with Crippen molar-refractivity contribution in [3.8, 4) is 0 Å². The number of piperazine rings is 1. The number of benzene rings is 1. The van der Waals surface area contributed by atoms with Gasteiger partial charge < -0.3 is 19.9 Å². The molecule has 1 fully saturated rings. The highest BCUT2D eigenvalue weighted by Crippen LogP contribution is 2.22. The molecule has 2 heterocycles. The lowest BCUT2D eigenvalue weighted by molar-refractivity contribution is -0.152. The smallest absolute Gasteiger partial charge is 0.308 e. The van der Waals surface area contributed by atoms with E-state index in [1.54, 1.807) is 33.9 Å². The highest BCUT2D eigenvalue weighted by molar-refractivity contribution is 7.08. The molecule has 1 saturated heterocycles. The van der Waals surface area contributed by atoms with Crippen LogP contribution in [0.25, 0.3) is 0 Å². The van der Waals surface area contributed by atoms with Gasteiger partial charge in [-0.3, -0.25) is 19.2 Å². The average molecular weight is 462 g/mol. The summed E-state index contributed by atoms with van der Waals surface area (Å²) in [5.41, 5.74) is 1.23. The van der Waals surface area contributed by atoms with Gasteiger partial charge in [0.1, 0.15) is 5.82 Å². The topological polar surface area (TPSA) is 96.0 Å². The normalized spacial score (nSPS) is 13.6. The van der Waals surface area contributed by atoms with Gasteiger partial charge in [0.15, 0.2) is 12.4 Å². The number of amides is 2. The molecule has 1 aliphatic heterocycles. The Balaban J connectivity index is 1.37. The highest BCUT2D eigenvalue weighted by atomic mass is 32.1. The van der Waals surface area contributed by atoms with Gasteiger partial charge in [-0.2, -0.15) is 11.3 Å². The third-order valence-electron chi connectivity index (χ3n) is 5.08. The molecule has 0 saturated carbocycles. The Morgan fingerprint density at radius 1 is 1.09 bits per heavy atom. The summed E-state index contributed by atoms with van der Waals surface area (Å²) in [4.78, 5) is 50.7. The highest BCUT2D eigenvalue weighted by Gasteiger charge is 2.24. The van der Waals surface area contributed by atoms with E-state index < -0.39 is 11.8 Å². The number of hydrogen-bond acceptors (Lipinski definition) is 7. The monoisotopic (exact) mass is 461 g/mol. The van der Waals surface area contributed by atoms with Crippen molar-refractivity contribution in [1.82, 2.24) is 10.2 Å². The summed E-state index contributed by atoms with van der Waals surface area (Å²) < 4.78 is 19.3. The predicted molar refractivity (Wildman–Crippen MR) is 117 cm³/mol. The van der Waals surface area contributed by atoms with Crippen molar-refractivity contribution >= 4 is 40.6 Å². The molecule has 10 heteroatoms. The number of ketones is 1. The van der Waals surface area contributed by atoms with Crippen LogP contribution in [0.15, 0.2) is 35.0 Å². The number of anilines is 1. The van der Waals surface area contributed by atoms with Crippen LogP contribution in [0.3, 0.4) is 0 Å². The van der Waals surface area contributed by atoms with Gasteiger partial charge in [-0.1, -0.05) is 0 Å². The number of halogens is 1. The molecule has 32 heavy (non-hydrogen) atoms. The molecule has 1 N–H and O–H groups in total. The molecule has 1 aliphatic rings. The zero-order valence-electron chi connectivity index (χ0n) is 17.6. The molecule has 0 aliphatic carbocycles. The molecule has 170 valence electrons. The van der Waals surface area contributed by atoms with E-state index in [2.05, 4.69) is 5.32 Å². The summed E-state index contributed by atoms with van der Waals surface area (Å²) in [7, 11) is 0. The van der Waals surface area contributed by atoms with E-state index in [1.165, 1.54) is 24.3 Å². The molecule has 0 bridgehead atoms. The molecule has 3 rings (SSSR count). The number of carbonyl (C=O) groups excluding carboxylic acids is 4. The van der Waals surface area contributed by atoms with Gasteiger partial charge in [-0.15, -0.1) is 0 Å². The second-order valence-electron chi connectivity index (χ2n) is 7.27. The summed E-state index contributed by atoms with van der Waals surface area (Å²) >= 11 is 1.41. The number of thiophene rings is 1. The number of hydrogen-bond donors (Lipinski definition) is 1. The number of Topliss-reactive ketones (excluding diaryl/α,β-unsaturated/α-hetero) is 1. The summed E-state index contributed by atoms with van der Waals surface area (Å²) in [6.07, 6.45) is -0.0352. The van der Waals surface area contributed by atoms with Crippen LogP contribution in [0.5, 0.6) is 0 Å². The zero-order valence-corrected chi connectivity index (χ0v) is 18.5. The van der Waals surface area contributed by atoms with E-state index in [0.717, 1.165) is 0 Å². The molecule has 0 atom stereocenters. The fourth-order valence-electron chi connectivity index (χ4n) is 3.26. The zero-order chi connectivity index (χ0) is 23.1. The Labute approximate surface area is 188 Å². The quantitative estimate of drug-likeness (QED) is 0.478. The third kappa shape index (κ3) is 6.13. The van der Waals surface area contributed by atoms with Gasteiger partial charge in [0.05, 0.1) is 12.1 Å². The maximum atomic E-state index is 14.3. The van der Waals surface area contributed by atoms with E-state index >= 15 is 0 Å². The van der Waals surface area contributed by atoms with Crippen LogP contribution in [-0.2, 0) is 14.3 Å². The van der Waals surface area contributed by atoms with Crippen molar-refractivity contribution < 1.29 is 28.3 Å². The average Bonchev–Trinajstić information content (AvgIpc) is 3.32. The Morgan fingerprint density at radius 3 is 2.47 bits per heavy atom. The lowest BCUT2D eigenvalue weighted by Gasteiger charge is -2.36. The van der Waals surface area contributed by atoms with Crippen molar-refractivity contribution in [2.45, 2.75) is 13.3 Å². The minimum Gasteiger partial charge on any atom is -0.456 e. The Hall–Kier alpha value is -3.27. The molecule has 1 aromatic heterocycles. The number of ether oxygens (including phenoxy) is 1. The summed E-state index contributed by atoms with van der Waals surface area (Å²) in [6.45, 7) is 2.69. The van der Waals surface area contributed by atoms with Crippen LogP contribution in [-0.4, -0.2) is 67.8 Å². The summed E-state index contributed by atoms with van der Waals surface area (Å²) in [6, 6.07) is 6.06. The Bertz CT molecular complexity index is 987. The summed E-state index contributed by atoms with van der Waals surface area (Å²) in [5.74, 6) is -1.84. The summed E-state index contributed by atoms with van der Waals surface area (Å²) in [5, 5.41) is 6.12. The molecule has 2 amide bonds. The third-order valence-corrected chi connectivity index (χ3v) is 5.77. The van der Waals surface area contributed by atoms with E-state index in [4.69, 9.17) is 4.74 Å². The number of rotatable bonds is 8. The van der Waals surface area contributed by atoms with Crippen molar-refractivity contribution in [2.75, 3.05) is 44.2 Å². The molecule has 0 spiro atoms. The molecular weight excluding hydrogens is 437 g/mol. The van der Waals surface area contributed by atoms with Gasteiger partial charge in [0.2, 0.25) is 0 Å². The van der Waals surface area contributed by atoms with Crippen LogP contribution < -0.4 is 10.2 Å². The van der Waals surface area contributed by atoms with Crippen LogP contribution in [0.2, 0.25) is 0 Å². The predicted octanol–water partition coefficient (Wildman–Crippen LogP) is 2.10. The largest absolute Gasteiger partial charge is 0.456 e. The molecule has 2 aromatic rings. The SMILES string of the molecule is CC(=O)c1ccc(N2CCN(C(=O)COC(=O)CCNC(=O)c3ccsc3)CC2)c(F)c1. The first kappa shape index (κ1) is 23.4. The first-order valence-electron chi connectivity index (χ1n) is 10.1. The number of carbonyl (C=O) groups is 4. The Morgan fingerprint density at radius 2 is 1.84 bits per heavy atom. The van der Waals surface area contributed by atoms with E-state index in [9.17, 15) is 23.6 Å². The lowest BCUT2D eigenvalue weighted by Crippen LogP contribution is -2.50. The van der Waals surface area contributed by atoms with Crippen molar-refractivity contribution in [3.05, 3.63) is 52.0 Å². The van der Waals surface area contributed by atoms with Crippen molar-refractivity contribution in [2.24, 2.45) is 0 Å². The number of nitrogens with zero attached hydrogens (tertiary/aromatic N) is 2. The molecule has 0 unspecified atom stereocenters. The van der Waals surface area contributed by atoms with Gasteiger partial charge >= 0.3 is 5.97 Å². The van der Waals surface area contributed by atoms with Crippen LogP contribution in [0, 0.1) is 5.82 Å². The van der Waals surface area contributed by atoms with Crippen LogP contribution >= 0.6 is 11.3 Å². The Kier molecular flexibility index (Phi) is 7.93. The molecule has 8 nitrogen and oxygen atoms in total. The van der Waals surface area contributed by atoms with Crippen LogP contribution in [0.1, 0.15) is 34.1 Å².